The highest BCUT2D eigenvalue weighted by atomic mass is 16.4. The molecule has 0 bridgehead atoms. The molecule has 11 N–H and O–H groups in total. The Balaban J connectivity index is 2.87. The number of hydrogen-bond acceptors (Lipinski definition) is 8. The standard InChI is InChI=1S/C21H41BN8O6/c1-13(27-19(33)15(28-14(2)31)7-3-4-10-23)18(32)29-16(8-5-11-26-21(24)25)20(34)30-12-6-9-17(30)22(35)36/h13,15-17,35-36H,3-12,23H2,1-2H3,(H,27,33)(H,28,31)(H,29,32)(H4,24,25,26)/t13-,15-,16-,17-/m0/s1. The highest BCUT2D eigenvalue weighted by Gasteiger charge is 2.39. The van der Waals surface area contributed by atoms with E-state index in [9.17, 15) is 29.2 Å². The number of nitrogens with zero attached hydrogens (tertiary/aromatic N) is 2. The van der Waals surface area contributed by atoms with Gasteiger partial charge in [-0.3, -0.25) is 24.2 Å². The van der Waals surface area contributed by atoms with E-state index in [-0.39, 0.29) is 24.8 Å². The van der Waals surface area contributed by atoms with Crippen LogP contribution in [-0.4, -0.2) is 95.4 Å². The molecule has 0 aliphatic carbocycles. The highest BCUT2D eigenvalue weighted by Crippen LogP contribution is 2.20. The summed E-state index contributed by atoms with van der Waals surface area (Å²) in [5.41, 5.74) is 16.2. The van der Waals surface area contributed by atoms with E-state index in [4.69, 9.17) is 17.2 Å². The van der Waals surface area contributed by atoms with Crippen molar-refractivity contribution in [3.63, 3.8) is 0 Å². The topological polar surface area (TPSA) is 238 Å². The summed E-state index contributed by atoms with van der Waals surface area (Å²) in [5.74, 6) is -2.83. The Morgan fingerprint density at radius 3 is 2.28 bits per heavy atom. The van der Waals surface area contributed by atoms with Gasteiger partial charge in [-0.25, -0.2) is 0 Å². The number of likely N-dealkylation sites (tertiary alicyclic amines) is 1. The van der Waals surface area contributed by atoms with Crippen LogP contribution in [0, 0.1) is 0 Å². The molecule has 1 rings (SSSR count). The van der Waals surface area contributed by atoms with E-state index in [1.165, 1.54) is 18.7 Å². The predicted octanol–water partition coefficient (Wildman–Crippen LogP) is -3.33. The number of unbranched alkanes of at least 4 members (excludes halogenated alkanes) is 1. The van der Waals surface area contributed by atoms with E-state index in [0.29, 0.717) is 51.6 Å². The van der Waals surface area contributed by atoms with Gasteiger partial charge in [-0.05, 0) is 58.4 Å². The van der Waals surface area contributed by atoms with Crippen LogP contribution in [0.2, 0.25) is 0 Å². The zero-order valence-electron chi connectivity index (χ0n) is 21.1. The Labute approximate surface area is 211 Å². The van der Waals surface area contributed by atoms with Gasteiger partial charge in [0.15, 0.2) is 5.96 Å². The van der Waals surface area contributed by atoms with E-state index < -0.39 is 48.9 Å². The summed E-state index contributed by atoms with van der Waals surface area (Å²) in [6.45, 7) is 3.79. The summed E-state index contributed by atoms with van der Waals surface area (Å²) in [7, 11) is -1.70. The van der Waals surface area contributed by atoms with Gasteiger partial charge in [-0.15, -0.1) is 0 Å². The third-order valence-corrected chi connectivity index (χ3v) is 5.88. The molecule has 4 amide bonds. The molecular formula is C21H41BN8O6. The van der Waals surface area contributed by atoms with E-state index in [0.717, 1.165) is 0 Å². The number of rotatable bonds is 15. The minimum absolute atomic E-state index is 0.0959. The number of nitrogens with two attached hydrogens (primary N) is 3. The lowest BCUT2D eigenvalue weighted by Crippen LogP contribution is -2.57. The molecule has 0 radical (unpaired) electrons. The van der Waals surface area contributed by atoms with E-state index in [1.54, 1.807) is 0 Å². The molecule has 1 saturated heterocycles. The molecule has 0 aromatic heterocycles. The number of carbonyl (C=O) groups is 4. The van der Waals surface area contributed by atoms with Gasteiger partial charge < -0.3 is 48.1 Å². The first kappa shape index (κ1) is 31.1. The Kier molecular flexibility index (Phi) is 13.8. The fourth-order valence-corrected chi connectivity index (χ4v) is 4.02. The van der Waals surface area contributed by atoms with Crippen molar-refractivity contribution in [2.45, 2.75) is 82.9 Å². The van der Waals surface area contributed by atoms with Gasteiger partial charge in [0.2, 0.25) is 23.6 Å². The van der Waals surface area contributed by atoms with Crippen LogP contribution in [-0.2, 0) is 19.2 Å². The number of aliphatic imine (C=N–C) groups is 1. The number of amides is 4. The van der Waals surface area contributed by atoms with Gasteiger partial charge in [0, 0.05) is 20.0 Å². The smallest absolute Gasteiger partial charge is 0.426 e. The van der Waals surface area contributed by atoms with Crippen LogP contribution in [0.5, 0.6) is 0 Å². The van der Waals surface area contributed by atoms with Gasteiger partial charge >= 0.3 is 7.12 Å². The molecule has 0 saturated carbocycles. The Bertz CT molecular complexity index is 780. The minimum atomic E-state index is -1.70. The van der Waals surface area contributed by atoms with Crippen molar-refractivity contribution in [3.8, 4) is 0 Å². The number of guanidine groups is 1. The van der Waals surface area contributed by atoms with Gasteiger partial charge in [-0.1, -0.05) is 0 Å². The van der Waals surface area contributed by atoms with Crippen molar-refractivity contribution in [1.82, 2.24) is 20.9 Å². The van der Waals surface area contributed by atoms with Crippen molar-refractivity contribution in [1.29, 1.82) is 0 Å². The lowest BCUT2D eigenvalue weighted by atomic mass is 9.77. The Hall–Kier alpha value is -2.91. The molecule has 15 heteroatoms. The van der Waals surface area contributed by atoms with E-state index in [2.05, 4.69) is 20.9 Å². The van der Waals surface area contributed by atoms with Crippen LogP contribution >= 0.6 is 0 Å². The number of carbonyl (C=O) groups excluding carboxylic acids is 4. The maximum absolute atomic E-state index is 13.2. The summed E-state index contributed by atoms with van der Waals surface area (Å²) < 4.78 is 0. The Morgan fingerprint density at radius 1 is 1.03 bits per heavy atom. The minimum Gasteiger partial charge on any atom is -0.426 e. The summed E-state index contributed by atoms with van der Waals surface area (Å²) >= 11 is 0. The van der Waals surface area contributed by atoms with Crippen molar-refractivity contribution in [3.05, 3.63) is 0 Å². The lowest BCUT2D eigenvalue weighted by Gasteiger charge is -2.30. The van der Waals surface area contributed by atoms with Crippen molar-refractivity contribution >= 4 is 36.7 Å². The molecular weight excluding hydrogens is 471 g/mol. The first-order valence-corrected chi connectivity index (χ1v) is 12.3. The molecule has 0 spiro atoms. The molecule has 0 aromatic rings. The maximum Gasteiger partial charge on any atom is 0.475 e. The highest BCUT2D eigenvalue weighted by molar-refractivity contribution is 6.43. The van der Waals surface area contributed by atoms with Gasteiger partial charge in [0.1, 0.15) is 18.1 Å². The summed E-state index contributed by atoms with van der Waals surface area (Å²) in [6.07, 6.45) is 3.27. The number of hydrogen-bond donors (Lipinski definition) is 8. The second-order valence-corrected chi connectivity index (χ2v) is 8.93. The van der Waals surface area contributed by atoms with Crippen LogP contribution in [0.3, 0.4) is 0 Å². The van der Waals surface area contributed by atoms with Crippen LogP contribution in [0.1, 0.15) is 58.8 Å². The third kappa shape index (κ3) is 10.8. The average molecular weight is 512 g/mol. The first-order valence-electron chi connectivity index (χ1n) is 12.3. The molecule has 36 heavy (non-hydrogen) atoms. The maximum atomic E-state index is 13.2. The first-order chi connectivity index (χ1) is 17.0. The van der Waals surface area contributed by atoms with E-state index in [1.807, 2.05) is 0 Å². The van der Waals surface area contributed by atoms with Crippen LogP contribution in [0.4, 0.5) is 0 Å². The molecule has 204 valence electrons. The molecule has 14 nitrogen and oxygen atoms in total. The molecule has 1 aliphatic heterocycles. The van der Waals surface area contributed by atoms with E-state index >= 15 is 0 Å². The second-order valence-electron chi connectivity index (χ2n) is 8.93. The van der Waals surface area contributed by atoms with Crippen molar-refractivity contribution < 1.29 is 29.2 Å². The van der Waals surface area contributed by atoms with Crippen molar-refractivity contribution in [2.24, 2.45) is 22.2 Å². The van der Waals surface area contributed by atoms with Crippen LogP contribution in [0.25, 0.3) is 0 Å². The van der Waals surface area contributed by atoms with Crippen molar-refractivity contribution in [2.75, 3.05) is 19.6 Å². The summed E-state index contributed by atoms with van der Waals surface area (Å²) in [5, 5.41) is 27.1. The summed E-state index contributed by atoms with van der Waals surface area (Å²) in [4.78, 5) is 55.5. The normalized spacial score (nSPS) is 17.5. The molecule has 0 aromatic carbocycles. The summed E-state index contributed by atoms with van der Waals surface area (Å²) in [6, 6.07) is -2.81. The monoisotopic (exact) mass is 512 g/mol. The molecule has 0 unspecified atom stereocenters. The Morgan fingerprint density at radius 2 is 1.69 bits per heavy atom. The lowest BCUT2D eigenvalue weighted by molar-refractivity contribution is -0.137. The van der Waals surface area contributed by atoms with Gasteiger partial charge in [0.25, 0.3) is 0 Å². The molecule has 1 aliphatic rings. The van der Waals surface area contributed by atoms with Crippen LogP contribution < -0.4 is 33.2 Å². The van der Waals surface area contributed by atoms with Gasteiger partial charge in [0.05, 0.1) is 5.94 Å². The molecule has 1 heterocycles. The average Bonchev–Trinajstić information content (AvgIpc) is 3.29. The number of nitrogens with one attached hydrogen (secondary N) is 3. The largest absolute Gasteiger partial charge is 0.475 e. The zero-order chi connectivity index (χ0) is 27.3. The molecule has 1 fully saturated rings. The SMILES string of the molecule is CC(=O)N[C@@H](CCCCN)C(=O)N[C@@H](C)C(=O)N[C@@H](CCCN=C(N)N)C(=O)N1CCC[C@H]1B(O)O. The predicted molar refractivity (Wildman–Crippen MR) is 135 cm³/mol. The van der Waals surface area contributed by atoms with Crippen LogP contribution in [0.15, 0.2) is 4.99 Å². The molecule has 4 atom stereocenters. The zero-order valence-corrected chi connectivity index (χ0v) is 21.1. The third-order valence-electron chi connectivity index (χ3n) is 5.88. The second kappa shape index (κ2) is 16.0. The fraction of sp³-hybridized carbons (Fsp3) is 0.762. The van der Waals surface area contributed by atoms with Gasteiger partial charge in [-0.2, -0.15) is 0 Å². The fourth-order valence-electron chi connectivity index (χ4n) is 4.02. The quantitative estimate of drug-likeness (QED) is 0.0473.